The molecule has 0 bridgehead atoms. The van der Waals surface area contributed by atoms with Crippen molar-refractivity contribution >= 4 is 16.9 Å². The van der Waals surface area contributed by atoms with E-state index in [0.717, 1.165) is 18.9 Å². The maximum Gasteiger partial charge on any atom is 0.191 e. The number of benzene rings is 1. The maximum absolute atomic E-state index is 4.32. The normalized spacial score (nSPS) is 16.5. The van der Waals surface area contributed by atoms with E-state index in [1.54, 1.807) is 0 Å². The molecule has 4 nitrogen and oxygen atoms in total. The predicted octanol–water partition coefficient (Wildman–Crippen LogP) is 2.82. The lowest BCUT2D eigenvalue weighted by Crippen LogP contribution is -2.42. The third kappa shape index (κ3) is 3.38. The van der Waals surface area contributed by atoms with Gasteiger partial charge < -0.3 is 15.6 Å². The molecule has 0 aliphatic heterocycles. The lowest BCUT2D eigenvalue weighted by atomic mass is 10.1. The highest BCUT2D eigenvalue weighted by molar-refractivity contribution is 5.83. The van der Waals surface area contributed by atoms with Crippen molar-refractivity contribution in [1.82, 2.24) is 15.6 Å². The second-order valence-electron chi connectivity index (χ2n) is 5.73. The molecule has 2 aromatic rings. The predicted molar refractivity (Wildman–Crippen MR) is 88.8 cm³/mol. The van der Waals surface area contributed by atoms with Gasteiger partial charge in [-0.3, -0.25) is 4.99 Å². The van der Waals surface area contributed by atoms with Crippen LogP contribution < -0.4 is 10.6 Å². The van der Waals surface area contributed by atoms with Gasteiger partial charge in [-0.05, 0) is 30.9 Å². The molecule has 3 rings (SSSR count). The number of para-hydroxylation sites is 1. The molecule has 4 heteroatoms. The zero-order valence-corrected chi connectivity index (χ0v) is 12.7. The Morgan fingerprint density at radius 3 is 2.90 bits per heavy atom. The van der Waals surface area contributed by atoms with Gasteiger partial charge in [0.15, 0.2) is 5.96 Å². The van der Waals surface area contributed by atoms with Crippen LogP contribution in [0.3, 0.4) is 0 Å². The van der Waals surface area contributed by atoms with E-state index in [1.807, 2.05) is 7.05 Å². The minimum atomic E-state index is 0.601. The zero-order chi connectivity index (χ0) is 14.5. The first kappa shape index (κ1) is 14.0. The molecule has 21 heavy (non-hydrogen) atoms. The van der Waals surface area contributed by atoms with E-state index < -0.39 is 0 Å². The largest absolute Gasteiger partial charge is 0.361 e. The van der Waals surface area contributed by atoms with Gasteiger partial charge in [0.2, 0.25) is 0 Å². The van der Waals surface area contributed by atoms with Gasteiger partial charge in [-0.25, -0.2) is 0 Å². The number of fused-ring (bicyclic) bond motifs is 1. The first-order chi connectivity index (χ1) is 10.4. The summed E-state index contributed by atoms with van der Waals surface area (Å²) in [4.78, 5) is 7.64. The molecule has 112 valence electrons. The number of aromatic nitrogens is 1. The SMILES string of the molecule is CN=C(NCCc1c[nH]c2ccccc12)NC1CCCC1. The van der Waals surface area contributed by atoms with Gasteiger partial charge >= 0.3 is 0 Å². The Balaban J connectivity index is 1.52. The Kier molecular flexibility index (Phi) is 4.43. The summed E-state index contributed by atoms with van der Waals surface area (Å²) in [5.74, 6) is 0.932. The van der Waals surface area contributed by atoms with Crippen LogP contribution in [0.1, 0.15) is 31.2 Å². The highest BCUT2D eigenvalue weighted by atomic mass is 15.2. The second kappa shape index (κ2) is 6.66. The monoisotopic (exact) mass is 284 g/mol. The molecular weight excluding hydrogens is 260 g/mol. The van der Waals surface area contributed by atoms with Gasteiger partial charge in [-0.15, -0.1) is 0 Å². The number of rotatable bonds is 4. The Hall–Kier alpha value is -1.97. The van der Waals surface area contributed by atoms with Crippen molar-refractivity contribution in [3.8, 4) is 0 Å². The highest BCUT2D eigenvalue weighted by Gasteiger charge is 2.15. The summed E-state index contributed by atoms with van der Waals surface area (Å²) in [6, 6.07) is 9.05. The van der Waals surface area contributed by atoms with Gasteiger partial charge in [0.1, 0.15) is 0 Å². The van der Waals surface area contributed by atoms with Crippen molar-refractivity contribution in [3.05, 3.63) is 36.0 Å². The summed E-state index contributed by atoms with van der Waals surface area (Å²) in [6.45, 7) is 0.897. The summed E-state index contributed by atoms with van der Waals surface area (Å²) < 4.78 is 0. The lowest BCUT2D eigenvalue weighted by molar-refractivity contribution is 0.613. The van der Waals surface area contributed by atoms with Crippen LogP contribution in [0.5, 0.6) is 0 Å². The number of nitrogens with zero attached hydrogens (tertiary/aromatic N) is 1. The number of hydrogen-bond donors (Lipinski definition) is 3. The number of hydrogen-bond acceptors (Lipinski definition) is 1. The van der Waals surface area contributed by atoms with Crippen LogP contribution in [0.4, 0.5) is 0 Å². The number of H-pyrrole nitrogens is 1. The molecular formula is C17H24N4. The number of aliphatic imine (C=N–C) groups is 1. The first-order valence-corrected chi connectivity index (χ1v) is 7.89. The van der Waals surface area contributed by atoms with Crippen molar-refractivity contribution in [1.29, 1.82) is 0 Å². The summed E-state index contributed by atoms with van der Waals surface area (Å²) in [5.41, 5.74) is 2.57. The molecule has 1 aliphatic carbocycles. The molecule has 3 N–H and O–H groups in total. The van der Waals surface area contributed by atoms with E-state index in [0.29, 0.717) is 6.04 Å². The fraction of sp³-hybridized carbons (Fsp3) is 0.471. The standard InChI is InChI=1S/C17H24N4/c1-18-17(21-14-6-2-3-7-14)19-11-10-13-12-20-16-9-5-4-8-15(13)16/h4-5,8-9,12,14,20H,2-3,6-7,10-11H2,1H3,(H2,18,19,21). The smallest absolute Gasteiger partial charge is 0.191 e. The number of aromatic amines is 1. The summed E-state index contributed by atoms with van der Waals surface area (Å²) in [7, 11) is 1.84. The van der Waals surface area contributed by atoms with E-state index in [1.165, 1.54) is 42.1 Å². The molecule has 0 radical (unpaired) electrons. The van der Waals surface area contributed by atoms with Crippen LogP contribution in [0.2, 0.25) is 0 Å². The third-order valence-electron chi connectivity index (χ3n) is 4.28. The average molecular weight is 284 g/mol. The Bertz CT molecular complexity index is 608. The Morgan fingerprint density at radius 1 is 1.29 bits per heavy atom. The first-order valence-electron chi connectivity index (χ1n) is 7.89. The van der Waals surface area contributed by atoms with Crippen molar-refractivity contribution < 1.29 is 0 Å². The molecule has 0 atom stereocenters. The fourth-order valence-corrected chi connectivity index (χ4v) is 3.11. The fourth-order valence-electron chi connectivity index (χ4n) is 3.11. The highest BCUT2D eigenvalue weighted by Crippen LogP contribution is 2.18. The summed E-state index contributed by atoms with van der Waals surface area (Å²) in [5, 5.41) is 8.26. The Labute approximate surface area is 126 Å². The summed E-state index contributed by atoms with van der Waals surface area (Å²) >= 11 is 0. The lowest BCUT2D eigenvalue weighted by Gasteiger charge is -2.16. The molecule has 1 heterocycles. The van der Waals surface area contributed by atoms with E-state index in [4.69, 9.17) is 0 Å². The van der Waals surface area contributed by atoms with Crippen LogP contribution in [0, 0.1) is 0 Å². The van der Waals surface area contributed by atoms with Crippen molar-refractivity contribution in [3.63, 3.8) is 0 Å². The topological polar surface area (TPSA) is 52.2 Å². The minimum absolute atomic E-state index is 0.601. The number of guanidine groups is 1. The average Bonchev–Trinajstić information content (AvgIpc) is 3.16. The van der Waals surface area contributed by atoms with Gasteiger partial charge in [0.05, 0.1) is 0 Å². The van der Waals surface area contributed by atoms with Crippen LogP contribution >= 0.6 is 0 Å². The van der Waals surface area contributed by atoms with Gasteiger partial charge in [0, 0.05) is 36.7 Å². The van der Waals surface area contributed by atoms with Crippen molar-refractivity contribution in [2.45, 2.75) is 38.1 Å². The molecule has 0 spiro atoms. The zero-order valence-electron chi connectivity index (χ0n) is 12.7. The van der Waals surface area contributed by atoms with E-state index >= 15 is 0 Å². The van der Waals surface area contributed by atoms with Crippen molar-refractivity contribution in [2.24, 2.45) is 4.99 Å². The molecule has 1 fully saturated rings. The number of nitrogens with one attached hydrogen (secondary N) is 3. The van der Waals surface area contributed by atoms with Crippen LogP contribution in [0.15, 0.2) is 35.5 Å². The van der Waals surface area contributed by atoms with E-state index in [2.05, 4.69) is 51.1 Å². The molecule has 0 amide bonds. The van der Waals surface area contributed by atoms with Gasteiger partial charge in [0.25, 0.3) is 0 Å². The van der Waals surface area contributed by atoms with E-state index in [-0.39, 0.29) is 0 Å². The molecule has 1 saturated carbocycles. The molecule has 0 unspecified atom stereocenters. The third-order valence-corrected chi connectivity index (χ3v) is 4.28. The molecule has 1 aromatic heterocycles. The second-order valence-corrected chi connectivity index (χ2v) is 5.73. The maximum atomic E-state index is 4.32. The summed E-state index contributed by atoms with van der Waals surface area (Å²) in [6.07, 6.45) is 8.31. The minimum Gasteiger partial charge on any atom is -0.361 e. The van der Waals surface area contributed by atoms with Crippen LogP contribution in [-0.2, 0) is 6.42 Å². The van der Waals surface area contributed by atoms with Gasteiger partial charge in [-0.2, -0.15) is 0 Å². The molecule has 1 aliphatic rings. The van der Waals surface area contributed by atoms with E-state index in [9.17, 15) is 0 Å². The van der Waals surface area contributed by atoms with Gasteiger partial charge in [-0.1, -0.05) is 31.0 Å². The van der Waals surface area contributed by atoms with Crippen LogP contribution in [0.25, 0.3) is 10.9 Å². The van der Waals surface area contributed by atoms with Crippen molar-refractivity contribution in [2.75, 3.05) is 13.6 Å². The molecule has 1 aromatic carbocycles. The molecule has 0 saturated heterocycles. The Morgan fingerprint density at radius 2 is 2.10 bits per heavy atom. The quantitative estimate of drug-likeness (QED) is 0.597. The van der Waals surface area contributed by atoms with Crippen LogP contribution in [-0.4, -0.2) is 30.6 Å².